The van der Waals surface area contributed by atoms with E-state index >= 15 is 0 Å². The molecule has 32 heavy (non-hydrogen) atoms. The molecule has 2 N–H and O–H groups in total. The Morgan fingerprint density at radius 3 is 2.47 bits per heavy atom. The van der Waals surface area contributed by atoms with Gasteiger partial charge in [0.2, 0.25) is 5.91 Å². The molecule has 2 aliphatic rings. The number of nitrogens with one attached hydrogen (secondary N) is 2. The average molecular weight is 436 g/mol. The Balaban J connectivity index is 1.39. The Morgan fingerprint density at radius 1 is 1.06 bits per heavy atom. The number of benzene rings is 2. The number of ether oxygens (including phenoxy) is 1. The summed E-state index contributed by atoms with van der Waals surface area (Å²) in [5, 5.41) is 6.04. The molecule has 1 atom stereocenters. The molecule has 6 heteroatoms. The summed E-state index contributed by atoms with van der Waals surface area (Å²) >= 11 is 0. The van der Waals surface area contributed by atoms with Crippen LogP contribution in [-0.4, -0.2) is 41.6 Å². The highest BCUT2D eigenvalue weighted by atomic mass is 16.5. The smallest absolute Gasteiger partial charge is 0.317 e. The molecule has 2 aromatic carbocycles. The van der Waals surface area contributed by atoms with Gasteiger partial charge in [-0.15, -0.1) is 0 Å². The van der Waals surface area contributed by atoms with Crippen LogP contribution in [0.25, 0.3) is 0 Å². The lowest BCUT2D eigenvalue weighted by molar-refractivity contribution is -0.122. The van der Waals surface area contributed by atoms with Crippen LogP contribution in [0.15, 0.2) is 54.6 Å². The van der Waals surface area contributed by atoms with E-state index in [1.165, 1.54) is 0 Å². The summed E-state index contributed by atoms with van der Waals surface area (Å²) in [5.41, 5.74) is 1.87. The normalized spacial score (nSPS) is 19.2. The number of carbonyl (C=O) groups is 2. The zero-order valence-corrected chi connectivity index (χ0v) is 19.0. The third kappa shape index (κ3) is 5.23. The van der Waals surface area contributed by atoms with Crippen molar-refractivity contribution < 1.29 is 14.3 Å². The number of amides is 3. The maximum Gasteiger partial charge on any atom is 0.317 e. The van der Waals surface area contributed by atoms with Gasteiger partial charge in [0.05, 0.1) is 0 Å². The summed E-state index contributed by atoms with van der Waals surface area (Å²) in [7, 11) is 0. The molecular weight excluding hydrogens is 402 g/mol. The molecule has 0 aliphatic carbocycles. The van der Waals surface area contributed by atoms with Gasteiger partial charge in [0.1, 0.15) is 11.4 Å². The second-order valence-electron chi connectivity index (χ2n) is 9.28. The van der Waals surface area contributed by atoms with Crippen LogP contribution in [0.1, 0.15) is 56.6 Å². The molecule has 4 rings (SSSR count). The van der Waals surface area contributed by atoms with Crippen LogP contribution in [0.3, 0.4) is 0 Å². The number of fused-ring (bicyclic) bond motifs is 1. The molecule has 1 saturated heterocycles. The second kappa shape index (κ2) is 9.63. The fourth-order valence-electron chi connectivity index (χ4n) is 4.84. The maximum absolute atomic E-state index is 12.7. The molecule has 3 amide bonds. The standard InChI is InChI=1S/C26H33N3O3/c1-19(2)28-24(30)16-21-17-26(32-23-11-7-6-10-22(21)23)12-14-29(15-13-26)25(31)27-18-20-8-4-3-5-9-20/h3-11,19,21H,12-18H2,1-2H3,(H,27,31)(H,28,30)/t21-/m0/s1. The van der Waals surface area contributed by atoms with Crippen molar-refractivity contribution in [3.05, 3.63) is 65.7 Å². The van der Waals surface area contributed by atoms with Gasteiger partial charge in [0, 0.05) is 50.9 Å². The van der Waals surface area contributed by atoms with Crippen molar-refractivity contribution in [2.75, 3.05) is 13.1 Å². The molecule has 0 saturated carbocycles. The highest BCUT2D eigenvalue weighted by Crippen LogP contribution is 2.46. The summed E-state index contributed by atoms with van der Waals surface area (Å²) in [4.78, 5) is 27.1. The van der Waals surface area contributed by atoms with Crippen LogP contribution in [0, 0.1) is 0 Å². The third-order valence-electron chi connectivity index (χ3n) is 6.43. The Kier molecular flexibility index (Phi) is 6.68. The minimum atomic E-state index is -0.326. The van der Waals surface area contributed by atoms with Crippen molar-refractivity contribution in [2.45, 2.75) is 63.6 Å². The average Bonchev–Trinajstić information content (AvgIpc) is 2.78. The first kappa shape index (κ1) is 22.2. The lowest BCUT2D eigenvalue weighted by Crippen LogP contribution is -2.53. The van der Waals surface area contributed by atoms with Gasteiger partial charge in [0.15, 0.2) is 0 Å². The molecular formula is C26H33N3O3. The van der Waals surface area contributed by atoms with Crippen LogP contribution in [0.2, 0.25) is 0 Å². The molecule has 1 spiro atoms. The van der Waals surface area contributed by atoms with Gasteiger partial charge >= 0.3 is 6.03 Å². The number of carbonyl (C=O) groups excluding carboxylic acids is 2. The van der Waals surface area contributed by atoms with Gasteiger partial charge < -0.3 is 20.3 Å². The van der Waals surface area contributed by atoms with Crippen molar-refractivity contribution in [3.63, 3.8) is 0 Å². The minimum Gasteiger partial charge on any atom is -0.487 e. The second-order valence-corrected chi connectivity index (χ2v) is 9.28. The van der Waals surface area contributed by atoms with E-state index in [0.717, 1.165) is 36.1 Å². The van der Waals surface area contributed by atoms with Gasteiger partial charge in [-0.3, -0.25) is 4.79 Å². The van der Waals surface area contributed by atoms with Crippen LogP contribution < -0.4 is 15.4 Å². The molecule has 0 unspecified atom stereocenters. The van der Waals surface area contributed by atoms with Crippen molar-refractivity contribution in [1.29, 1.82) is 0 Å². The Bertz CT molecular complexity index is 936. The van der Waals surface area contributed by atoms with Gasteiger partial charge in [-0.2, -0.15) is 0 Å². The Labute approximate surface area is 190 Å². The number of nitrogens with zero attached hydrogens (tertiary/aromatic N) is 1. The first-order valence-corrected chi connectivity index (χ1v) is 11.6. The first-order chi connectivity index (χ1) is 15.4. The van der Waals surface area contributed by atoms with Crippen molar-refractivity contribution in [1.82, 2.24) is 15.5 Å². The summed E-state index contributed by atoms with van der Waals surface area (Å²) in [5.74, 6) is 1.08. The number of hydrogen-bond donors (Lipinski definition) is 2. The third-order valence-corrected chi connectivity index (χ3v) is 6.43. The minimum absolute atomic E-state index is 0.0345. The molecule has 2 aromatic rings. The predicted octanol–water partition coefficient (Wildman–Crippen LogP) is 4.21. The molecule has 2 heterocycles. The number of hydrogen-bond acceptors (Lipinski definition) is 3. The zero-order valence-electron chi connectivity index (χ0n) is 19.0. The zero-order chi connectivity index (χ0) is 22.6. The van der Waals surface area contributed by atoms with Gasteiger partial charge in [0.25, 0.3) is 0 Å². The fourth-order valence-corrected chi connectivity index (χ4v) is 4.84. The van der Waals surface area contributed by atoms with E-state index in [1.54, 1.807) is 0 Å². The molecule has 1 fully saturated rings. The van der Waals surface area contributed by atoms with E-state index < -0.39 is 0 Å². The lowest BCUT2D eigenvalue weighted by Gasteiger charge is -2.46. The first-order valence-electron chi connectivity index (χ1n) is 11.6. The van der Waals surface area contributed by atoms with Gasteiger partial charge in [-0.1, -0.05) is 48.5 Å². The summed E-state index contributed by atoms with van der Waals surface area (Å²) in [6.07, 6.45) is 2.79. The number of urea groups is 1. The van der Waals surface area contributed by atoms with Crippen LogP contribution in [0.5, 0.6) is 5.75 Å². The van der Waals surface area contributed by atoms with Crippen LogP contribution >= 0.6 is 0 Å². The number of piperidine rings is 1. The summed E-state index contributed by atoms with van der Waals surface area (Å²) in [6.45, 7) is 5.78. The van der Waals surface area contributed by atoms with E-state index in [1.807, 2.05) is 67.3 Å². The number of likely N-dealkylation sites (tertiary alicyclic amines) is 1. The number of rotatable bonds is 5. The monoisotopic (exact) mass is 435 g/mol. The molecule has 2 aliphatic heterocycles. The molecule has 0 aromatic heterocycles. The van der Waals surface area contributed by atoms with Gasteiger partial charge in [-0.05, 0) is 37.5 Å². The van der Waals surface area contributed by atoms with Crippen LogP contribution in [-0.2, 0) is 11.3 Å². The predicted molar refractivity (Wildman–Crippen MR) is 125 cm³/mol. The van der Waals surface area contributed by atoms with Crippen molar-refractivity contribution in [3.8, 4) is 5.75 Å². The topological polar surface area (TPSA) is 70.7 Å². The highest BCUT2D eigenvalue weighted by Gasteiger charge is 2.44. The Hall–Kier alpha value is -3.02. The van der Waals surface area contributed by atoms with Crippen molar-refractivity contribution in [2.24, 2.45) is 0 Å². The largest absolute Gasteiger partial charge is 0.487 e. The SMILES string of the molecule is CC(C)NC(=O)C[C@H]1CC2(CCN(C(=O)NCc3ccccc3)CC2)Oc2ccccc21. The van der Waals surface area contributed by atoms with E-state index in [9.17, 15) is 9.59 Å². The number of para-hydroxylation sites is 1. The lowest BCUT2D eigenvalue weighted by atomic mass is 9.76. The van der Waals surface area contributed by atoms with Crippen molar-refractivity contribution >= 4 is 11.9 Å². The van der Waals surface area contributed by atoms with E-state index in [-0.39, 0.29) is 29.5 Å². The summed E-state index contributed by atoms with van der Waals surface area (Å²) in [6, 6.07) is 18.1. The molecule has 0 bridgehead atoms. The molecule has 0 radical (unpaired) electrons. The summed E-state index contributed by atoms with van der Waals surface area (Å²) < 4.78 is 6.52. The van der Waals surface area contributed by atoms with Gasteiger partial charge in [-0.25, -0.2) is 4.79 Å². The quantitative estimate of drug-likeness (QED) is 0.739. The highest BCUT2D eigenvalue weighted by molar-refractivity contribution is 5.77. The van der Waals surface area contributed by atoms with E-state index in [2.05, 4.69) is 16.7 Å². The Morgan fingerprint density at radius 2 is 1.75 bits per heavy atom. The fraction of sp³-hybridized carbons (Fsp3) is 0.462. The van der Waals surface area contributed by atoms with Crippen LogP contribution in [0.4, 0.5) is 4.79 Å². The molecule has 6 nitrogen and oxygen atoms in total. The van der Waals surface area contributed by atoms with E-state index in [0.29, 0.717) is 26.1 Å². The molecule has 170 valence electrons. The van der Waals surface area contributed by atoms with E-state index in [4.69, 9.17) is 4.74 Å². The maximum atomic E-state index is 12.7.